The summed E-state index contributed by atoms with van der Waals surface area (Å²) in [6, 6.07) is -0.877. The first kappa shape index (κ1) is 61.1. The molecule has 402 valence electrons. The Morgan fingerprint density at radius 2 is 0.824 bits per heavy atom. The van der Waals surface area contributed by atoms with Crippen molar-refractivity contribution in [1.29, 1.82) is 0 Å². The van der Waals surface area contributed by atoms with Crippen LogP contribution >= 0.6 is 0 Å². The fourth-order valence-corrected chi connectivity index (χ4v) is 9.28. The molecule has 3 saturated heterocycles. The maximum atomic E-state index is 12.4. The molecule has 19 heteroatoms. The zero-order valence-electron chi connectivity index (χ0n) is 41.1. The number of ether oxygens (including phenoxy) is 6. The molecule has 17 unspecified atom stereocenters. The number of carbonyl (C=O) groups excluding carboxylic acids is 1. The van der Waals surface area contributed by atoms with Crippen molar-refractivity contribution in [2.24, 2.45) is 0 Å². The standard InChI is InChI=1S/C49H93NO18/c1-3-5-6-7-8-9-10-11-12-13-14-15-16-17-18-19-20-21-22-23-24-25-26-27-33(54)32(50-37(55)4-2)31-63-47-43(61)40(58)45(35(29-52)65-47)68-49-44(62)41(59)46(36(30-53)66-49)67-48-42(60)39(57)38(56)34(28-51)64-48/h32-36,38-49,51-54,56-62H,3-31H2,1-2H3,(H,50,55). The topological polar surface area (TPSA) is 307 Å². The summed E-state index contributed by atoms with van der Waals surface area (Å²) in [4.78, 5) is 12.4. The van der Waals surface area contributed by atoms with Crippen molar-refractivity contribution in [2.45, 2.75) is 279 Å². The molecule has 68 heavy (non-hydrogen) atoms. The van der Waals surface area contributed by atoms with Crippen LogP contribution in [0.4, 0.5) is 0 Å². The minimum atomic E-state index is -1.96. The van der Waals surface area contributed by atoms with E-state index in [1.165, 1.54) is 122 Å². The van der Waals surface area contributed by atoms with Crippen molar-refractivity contribution in [3.8, 4) is 0 Å². The average molecular weight is 984 g/mol. The van der Waals surface area contributed by atoms with Gasteiger partial charge in [-0.05, 0) is 6.42 Å². The molecule has 0 bridgehead atoms. The number of hydrogen-bond donors (Lipinski definition) is 12. The van der Waals surface area contributed by atoms with Gasteiger partial charge in [0.05, 0.1) is 38.6 Å². The zero-order chi connectivity index (χ0) is 49.8. The molecule has 0 aromatic heterocycles. The lowest BCUT2D eigenvalue weighted by molar-refractivity contribution is -0.379. The fourth-order valence-electron chi connectivity index (χ4n) is 9.28. The van der Waals surface area contributed by atoms with E-state index in [9.17, 15) is 61.0 Å². The van der Waals surface area contributed by atoms with E-state index in [-0.39, 0.29) is 18.9 Å². The van der Waals surface area contributed by atoms with Crippen molar-refractivity contribution in [2.75, 3.05) is 26.4 Å². The highest BCUT2D eigenvalue weighted by Gasteiger charge is 2.53. The van der Waals surface area contributed by atoms with E-state index in [1.807, 2.05) is 0 Å². The van der Waals surface area contributed by atoms with Crippen LogP contribution < -0.4 is 5.32 Å². The van der Waals surface area contributed by atoms with E-state index in [1.54, 1.807) is 6.92 Å². The first-order chi connectivity index (χ1) is 32.8. The summed E-state index contributed by atoms with van der Waals surface area (Å²) in [6.45, 7) is 1.23. The lowest BCUT2D eigenvalue weighted by atomic mass is 9.96. The monoisotopic (exact) mass is 984 g/mol. The number of hydrogen-bond acceptors (Lipinski definition) is 18. The summed E-state index contributed by atoms with van der Waals surface area (Å²) in [5.74, 6) is -0.330. The third-order valence-electron chi connectivity index (χ3n) is 13.7. The normalized spacial score (nSPS) is 33.1. The van der Waals surface area contributed by atoms with Crippen molar-refractivity contribution < 1.29 is 89.4 Å². The molecule has 0 aromatic rings. The van der Waals surface area contributed by atoms with Crippen molar-refractivity contribution in [3.63, 3.8) is 0 Å². The van der Waals surface area contributed by atoms with Crippen LogP contribution in [0.2, 0.25) is 0 Å². The highest BCUT2D eigenvalue weighted by Crippen LogP contribution is 2.33. The van der Waals surface area contributed by atoms with E-state index in [0.717, 1.165) is 25.7 Å². The lowest BCUT2D eigenvalue weighted by Gasteiger charge is -2.48. The van der Waals surface area contributed by atoms with Crippen LogP contribution in [-0.4, -0.2) is 193 Å². The quantitative estimate of drug-likeness (QED) is 0.0397. The second-order valence-corrected chi connectivity index (χ2v) is 19.3. The Bertz CT molecular complexity index is 1270. The predicted octanol–water partition coefficient (Wildman–Crippen LogP) is 2.09. The SMILES string of the molecule is CCCCCCCCCCCCCCCCCCCCCCCCCC(O)C(COC1OC(CO)C(OC2OC(CO)C(OC3OC(CO)C(O)C(O)C3O)C(O)C2O)C(O)C1O)NC(=O)CC. The number of carbonyl (C=O) groups is 1. The van der Waals surface area contributed by atoms with Crippen molar-refractivity contribution in [1.82, 2.24) is 5.32 Å². The van der Waals surface area contributed by atoms with Crippen molar-refractivity contribution in [3.05, 3.63) is 0 Å². The van der Waals surface area contributed by atoms with Gasteiger partial charge in [-0.15, -0.1) is 0 Å². The van der Waals surface area contributed by atoms with Crippen LogP contribution in [0.3, 0.4) is 0 Å². The third kappa shape index (κ3) is 20.7. The average Bonchev–Trinajstić information content (AvgIpc) is 3.34. The molecule has 0 spiro atoms. The smallest absolute Gasteiger partial charge is 0.220 e. The minimum absolute atomic E-state index is 0.150. The Hall–Kier alpha value is -1.21. The summed E-state index contributed by atoms with van der Waals surface area (Å²) in [6.07, 6.45) is 3.57. The second kappa shape index (κ2) is 35.0. The maximum absolute atomic E-state index is 12.4. The van der Waals surface area contributed by atoms with Crippen LogP contribution in [0.1, 0.15) is 174 Å². The molecule has 0 radical (unpaired) electrons. The minimum Gasteiger partial charge on any atom is -0.394 e. The molecular formula is C49H93NO18. The lowest BCUT2D eigenvalue weighted by Crippen LogP contribution is -2.66. The van der Waals surface area contributed by atoms with Gasteiger partial charge < -0.3 is 89.9 Å². The van der Waals surface area contributed by atoms with Gasteiger partial charge in [0.25, 0.3) is 0 Å². The van der Waals surface area contributed by atoms with Crippen LogP contribution in [0.25, 0.3) is 0 Å². The zero-order valence-corrected chi connectivity index (χ0v) is 41.1. The number of aliphatic hydroxyl groups excluding tert-OH is 11. The van der Waals surface area contributed by atoms with E-state index in [4.69, 9.17) is 28.4 Å². The van der Waals surface area contributed by atoms with Crippen molar-refractivity contribution >= 4 is 5.91 Å². The van der Waals surface area contributed by atoms with Gasteiger partial charge in [0.1, 0.15) is 73.2 Å². The molecule has 12 N–H and O–H groups in total. The van der Waals surface area contributed by atoms with Gasteiger partial charge in [-0.3, -0.25) is 4.79 Å². The second-order valence-electron chi connectivity index (χ2n) is 19.3. The highest BCUT2D eigenvalue weighted by atomic mass is 16.8. The van der Waals surface area contributed by atoms with E-state index >= 15 is 0 Å². The summed E-state index contributed by atoms with van der Waals surface area (Å²) in [5.41, 5.74) is 0. The summed E-state index contributed by atoms with van der Waals surface area (Å²) in [7, 11) is 0. The van der Waals surface area contributed by atoms with E-state index in [0.29, 0.717) is 6.42 Å². The first-order valence-electron chi connectivity index (χ1n) is 26.3. The molecule has 19 nitrogen and oxygen atoms in total. The predicted molar refractivity (Wildman–Crippen MR) is 250 cm³/mol. The molecule has 17 atom stereocenters. The Labute approximate surface area is 404 Å². The van der Waals surface area contributed by atoms with Crippen LogP contribution in [0.5, 0.6) is 0 Å². The molecule has 3 aliphatic rings. The summed E-state index contributed by atoms with van der Waals surface area (Å²) < 4.78 is 33.8. The highest BCUT2D eigenvalue weighted by molar-refractivity contribution is 5.75. The molecule has 3 aliphatic heterocycles. The molecule has 1 amide bonds. The first-order valence-corrected chi connectivity index (χ1v) is 26.3. The van der Waals surface area contributed by atoms with Gasteiger partial charge in [0, 0.05) is 6.42 Å². The third-order valence-corrected chi connectivity index (χ3v) is 13.7. The maximum Gasteiger partial charge on any atom is 0.220 e. The van der Waals surface area contributed by atoms with E-state index < -0.39 is 124 Å². The molecule has 3 fully saturated rings. The van der Waals surface area contributed by atoms with E-state index in [2.05, 4.69) is 12.2 Å². The molecule has 3 heterocycles. The number of nitrogens with one attached hydrogen (secondary N) is 1. The fraction of sp³-hybridized carbons (Fsp3) is 0.980. The molecule has 0 saturated carbocycles. The van der Waals surface area contributed by atoms with Crippen LogP contribution in [0.15, 0.2) is 0 Å². The van der Waals surface area contributed by atoms with Gasteiger partial charge >= 0.3 is 0 Å². The Morgan fingerprint density at radius 3 is 1.22 bits per heavy atom. The molecular weight excluding hydrogens is 891 g/mol. The molecule has 0 aromatic carbocycles. The molecule has 0 aliphatic carbocycles. The largest absolute Gasteiger partial charge is 0.394 e. The van der Waals surface area contributed by atoms with Crippen LogP contribution in [0, 0.1) is 0 Å². The Kier molecular flexibility index (Phi) is 31.5. The number of amides is 1. The Balaban J connectivity index is 1.34. The van der Waals surface area contributed by atoms with Gasteiger partial charge in [-0.2, -0.15) is 0 Å². The van der Waals surface area contributed by atoms with Gasteiger partial charge in [0.15, 0.2) is 18.9 Å². The summed E-state index contributed by atoms with van der Waals surface area (Å²) in [5, 5.41) is 119. The van der Waals surface area contributed by atoms with Crippen LogP contribution in [-0.2, 0) is 33.2 Å². The summed E-state index contributed by atoms with van der Waals surface area (Å²) >= 11 is 0. The number of aliphatic hydroxyl groups is 11. The molecule has 3 rings (SSSR count). The van der Waals surface area contributed by atoms with Gasteiger partial charge in [-0.25, -0.2) is 0 Å². The number of rotatable bonds is 37. The Morgan fingerprint density at radius 1 is 0.471 bits per heavy atom. The number of unbranched alkanes of at least 4 members (excludes halogenated alkanes) is 22. The van der Waals surface area contributed by atoms with Gasteiger partial charge in [0.2, 0.25) is 5.91 Å². The van der Waals surface area contributed by atoms with Gasteiger partial charge in [-0.1, -0.05) is 162 Å².